The molecule has 82 valence electrons. The molecule has 0 aromatic heterocycles. The highest BCUT2D eigenvalue weighted by molar-refractivity contribution is 5.97. The van der Waals surface area contributed by atoms with Gasteiger partial charge in [0.15, 0.2) is 5.78 Å². The van der Waals surface area contributed by atoms with Crippen molar-refractivity contribution in [1.29, 1.82) is 0 Å². The van der Waals surface area contributed by atoms with Crippen LogP contribution < -0.4 is 0 Å². The SMILES string of the molecule is C=C(C)[C@@]1(OC(C)=O)CC=C(C)C(=O)C1. The average Bonchev–Trinajstić information content (AvgIpc) is 2.10. The van der Waals surface area contributed by atoms with E-state index < -0.39 is 5.60 Å². The van der Waals surface area contributed by atoms with Gasteiger partial charge < -0.3 is 4.74 Å². The van der Waals surface area contributed by atoms with E-state index in [-0.39, 0.29) is 18.2 Å². The summed E-state index contributed by atoms with van der Waals surface area (Å²) in [7, 11) is 0. The third-order valence-electron chi connectivity index (χ3n) is 2.74. The number of hydrogen-bond donors (Lipinski definition) is 0. The molecule has 0 unspecified atom stereocenters. The summed E-state index contributed by atoms with van der Waals surface area (Å²) in [6, 6.07) is 0. The van der Waals surface area contributed by atoms with Crippen LogP contribution in [0.4, 0.5) is 0 Å². The van der Waals surface area contributed by atoms with Crippen LogP contribution in [0.25, 0.3) is 0 Å². The van der Waals surface area contributed by atoms with Gasteiger partial charge in [-0.1, -0.05) is 12.7 Å². The average molecular weight is 208 g/mol. The van der Waals surface area contributed by atoms with E-state index in [4.69, 9.17) is 4.74 Å². The fraction of sp³-hybridized carbons (Fsp3) is 0.500. The van der Waals surface area contributed by atoms with Gasteiger partial charge in [0.05, 0.1) is 6.42 Å². The molecule has 0 radical (unpaired) electrons. The summed E-state index contributed by atoms with van der Waals surface area (Å²) in [5.74, 6) is -0.357. The Morgan fingerprint density at radius 3 is 2.53 bits per heavy atom. The molecule has 0 saturated heterocycles. The van der Waals surface area contributed by atoms with Gasteiger partial charge in [-0.2, -0.15) is 0 Å². The smallest absolute Gasteiger partial charge is 0.303 e. The zero-order chi connectivity index (χ0) is 11.6. The predicted octanol–water partition coefficient (Wildman–Crippen LogP) is 2.17. The van der Waals surface area contributed by atoms with Crippen LogP contribution in [-0.4, -0.2) is 17.4 Å². The lowest BCUT2D eigenvalue weighted by atomic mass is 9.80. The first-order valence-corrected chi connectivity index (χ1v) is 4.93. The predicted molar refractivity (Wildman–Crippen MR) is 57.3 cm³/mol. The molecule has 0 fully saturated rings. The molecule has 0 saturated carbocycles. The number of ether oxygens (including phenoxy) is 1. The molecule has 1 aliphatic carbocycles. The summed E-state index contributed by atoms with van der Waals surface area (Å²) in [6.07, 6.45) is 2.56. The van der Waals surface area contributed by atoms with Crippen molar-refractivity contribution in [3.05, 3.63) is 23.8 Å². The lowest BCUT2D eigenvalue weighted by molar-refractivity contribution is -0.155. The summed E-state index contributed by atoms with van der Waals surface area (Å²) in [6.45, 7) is 8.71. The largest absolute Gasteiger partial charge is 0.454 e. The quantitative estimate of drug-likeness (QED) is 0.516. The number of hydrogen-bond acceptors (Lipinski definition) is 3. The summed E-state index contributed by atoms with van der Waals surface area (Å²) >= 11 is 0. The van der Waals surface area contributed by atoms with E-state index in [1.54, 1.807) is 13.8 Å². The van der Waals surface area contributed by atoms with E-state index in [0.717, 1.165) is 11.1 Å². The molecule has 0 aromatic carbocycles. The Morgan fingerprint density at radius 1 is 1.53 bits per heavy atom. The monoisotopic (exact) mass is 208 g/mol. The topological polar surface area (TPSA) is 43.4 Å². The molecular formula is C12H16O3. The molecule has 3 heteroatoms. The molecule has 0 spiro atoms. The van der Waals surface area contributed by atoms with Gasteiger partial charge in [0.2, 0.25) is 0 Å². The lowest BCUT2D eigenvalue weighted by Gasteiger charge is -2.35. The summed E-state index contributed by atoms with van der Waals surface area (Å²) in [5.41, 5.74) is 0.636. The van der Waals surface area contributed by atoms with Gasteiger partial charge >= 0.3 is 5.97 Å². The molecule has 0 N–H and O–H groups in total. The van der Waals surface area contributed by atoms with E-state index in [1.807, 2.05) is 6.08 Å². The number of carbonyl (C=O) groups excluding carboxylic acids is 2. The molecule has 1 aliphatic rings. The minimum atomic E-state index is -0.817. The molecule has 1 atom stereocenters. The maximum atomic E-state index is 11.6. The number of Topliss-reactive ketones (excluding diaryl/α,β-unsaturated/α-hetero) is 1. The maximum absolute atomic E-state index is 11.6. The van der Waals surface area contributed by atoms with Crippen LogP contribution in [0.1, 0.15) is 33.6 Å². The van der Waals surface area contributed by atoms with Crippen LogP contribution in [0.15, 0.2) is 23.8 Å². The van der Waals surface area contributed by atoms with Crippen LogP contribution in [0.3, 0.4) is 0 Å². The standard InChI is InChI=1S/C12H16O3/c1-8(2)12(15-10(4)13)6-5-9(3)11(14)7-12/h5H,1,6-7H2,2-4H3/t12-/m1/s1. The normalized spacial score (nSPS) is 25.8. The van der Waals surface area contributed by atoms with Gasteiger partial charge in [-0.05, 0) is 25.0 Å². The number of ketones is 1. The van der Waals surface area contributed by atoms with Crippen molar-refractivity contribution in [1.82, 2.24) is 0 Å². The molecule has 3 nitrogen and oxygen atoms in total. The summed E-state index contributed by atoms with van der Waals surface area (Å²) < 4.78 is 5.26. The molecule has 0 aliphatic heterocycles. The number of carbonyl (C=O) groups is 2. The summed E-state index contributed by atoms with van der Waals surface area (Å²) in [5, 5.41) is 0. The number of allylic oxidation sites excluding steroid dienone is 1. The third kappa shape index (κ3) is 2.35. The molecule has 0 aromatic rings. The van der Waals surface area contributed by atoms with E-state index in [9.17, 15) is 9.59 Å². The van der Waals surface area contributed by atoms with Crippen molar-refractivity contribution in [3.63, 3.8) is 0 Å². The highest BCUT2D eigenvalue weighted by Crippen LogP contribution is 2.34. The second-order valence-electron chi connectivity index (χ2n) is 4.06. The van der Waals surface area contributed by atoms with Gasteiger partial charge in [-0.15, -0.1) is 0 Å². The molecule has 0 amide bonds. The van der Waals surface area contributed by atoms with Crippen LogP contribution in [-0.2, 0) is 14.3 Å². The second-order valence-corrected chi connectivity index (χ2v) is 4.06. The van der Waals surface area contributed by atoms with Crippen LogP contribution in [0.2, 0.25) is 0 Å². The zero-order valence-corrected chi connectivity index (χ0v) is 9.42. The first-order chi connectivity index (χ1) is 6.87. The van der Waals surface area contributed by atoms with Gasteiger partial charge in [0, 0.05) is 13.3 Å². The lowest BCUT2D eigenvalue weighted by Crippen LogP contribution is -2.40. The Morgan fingerprint density at radius 2 is 2.13 bits per heavy atom. The van der Waals surface area contributed by atoms with Crippen molar-refractivity contribution >= 4 is 11.8 Å². The van der Waals surface area contributed by atoms with E-state index in [0.29, 0.717) is 6.42 Å². The molecule has 0 heterocycles. The van der Waals surface area contributed by atoms with Crippen molar-refractivity contribution in [2.24, 2.45) is 0 Å². The molecule has 1 rings (SSSR count). The first kappa shape index (κ1) is 11.7. The van der Waals surface area contributed by atoms with E-state index in [2.05, 4.69) is 6.58 Å². The third-order valence-corrected chi connectivity index (χ3v) is 2.74. The van der Waals surface area contributed by atoms with Crippen molar-refractivity contribution in [3.8, 4) is 0 Å². The van der Waals surface area contributed by atoms with Gasteiger partial charge in [-0.3, -0.25) is 9.59 Å². The Labute approximate surface area is 89.8 Å². The highest BCUT2D eigenvalue weighted by Gasteiger charge is 2.39. The fourth-order valence-corrected chi connectivity index (χ4v) is 1.67. The van der Waals surface area contributed by atoms with Crippen molar-refractivity contribution < 1.29 is 14.3 Å². The molecule has 15 heavy (non-hydrogen) atoms. The Balaban J connectivity index is 3.00. The van der Waals surface area contributed by atoms with Gasteiger partial charge in [0.1, 0.15) is 5.60 Å². The minimum Gasteiger partial charge on any atom is -0.454 e. The van der Waals surface area contributed by atoms with Crippen molar-refractivity contribution in [2.75, 3.05) is 0 Å². The van der Waals surface area contributed by atoms with E-state index >= 15 is 0 Å². The Hall–Kier alpha value is -1.38. The van der Waals surface area contributed by atoms with Crippen molar-refractivity contribution in [2.45, 2.75) is 39.2 Å². The van der Waals surface area contributed by atoms with E-state index in [1.165, 1.54) is 6.92 Å². The van der Waals surface area contributed by atoms with Crippen LogP contribution >= 0.6 is 0 Å². The van der Waals surface area contributed by atoms with Gasteiger partial charge in [-0.25, -0.2) is 0 Å². The fourth-order valence-electron chi connectivity index (χ4n) is 1.67. The highest BCUT2D eigenvalue weighted by atomic mass is 16.6. The second kappa shape index (κ2) is 4.01. The van der Waals surface area contributed by atoms with Gasteiger partial charge in [0.25, 0.3) is 0 Å². The summed E-state index contributed by atoms with van der Waals surface area (Å²) in [4.78, 5) is 22.6. The Kier molecular flexibility index (Phi) is 3.12. The minimum absolute atomic E-state index is 0.0190. The maximum Gasteiger partial charge on any atom is 0.303 e. The zero-order valence-electron chi connectivity index (χ0n) is 9.42. The number of esters is 1. The van der Waals surface area contributed by atoms with Crippen LogP contribution in [0, 0.1) is 0 Å². The Bertz CT molecular complexity index is 352. The first-order valence-electron chi connectivity index (χ1n) is 4.93. The van der Waals surface area contributed by atoms with Crippen LogP contribution in [0.5, 0.6) is 0 Å². The number of rotatable bonds is 2. The molecule has 0 bridgehead atoms. The molecular weight excluding hydrogens is 192 g/mol.